The quantitative estimate of drug-likeness (QED) is 0.871. The number of rotatable bonds is 6. The number of nitrogens with one attached hydrogen (secondary N) is 1. The van der Waals surface area contributed by atoms with Crippen LogP contribution in [-0.4, -0.2) is 22.1 Å². The van der Waals surface area contributed by atoms with Gasteiger partial charge in [0.15, 0.2) is 0 Å². The molecule has 0 unspecified atom stereocenters. The van der Waals surface area contributed by atoms with Crippen LogP contribution in [0.3, 0.4) is 0 Å². The number of ether oxygens (including phenoxy) is 1. The number of benzene rings is 1. The molecule has 2 rings (SSSR count). The van der Waals surface area contributed by atoms with E-state index in [4.69, 9.17) is 4.74 Å². The molecule has 0 aliphatic heterocycles. The van der Waals surface area contributed by atoms with Crippen molar-refractivity contribution in [2.24, 2.45) is 5.92 Å². The minimum atomic E-state index is -3.39. The van der Waals surface area contributed by atoms with Crippen molar-refractivity contribution in [3.8, 4) is 0 Å². The average molecular weight is 283 g/mol. The first-order valence-electron chi connectivity index (χ1n) is 6.69. The Balaban J connectivity index is 2.03. The zero-order valence-corrected chi connectivity index (χ0v) is 12.1. The fourth-order valence-corrected chi connectivity index (χ4v) is 3.68. The summed E-state index contributed by atoms with van der Waals surface area (Å²) in [7, 11) is -1.80. The van der Waals surface area contributed by atoms with Crippen molar-refractivity contribution in [3.05, 3.63) is 29.8 Å². The first-order chi connectivity index (χ1) is 9.12. The Morgan fingerprint density at radius 1 is 1.32 bits per heavy atom. The lowest BCUT2D eigenvalue weighted by Gasteiger charge is -2.12. The van der Waals surface area contributed by atoms with E-state index in [2.05, 4.69) is 4.72 Å². The Bertz CT molecular complexity index is 507. The number of sulfonamides is 1. The van der Waals surface area contributed by atoms with Crippen molar-refractivity contribution in [1.82, 2.24) is 4.72 Å². The van der Waals surface area contributed by atoms with E-state index in [0.717, 1.165) is 18.4 Å². The van der Waals surface area contributed by atoms with E-state index in [1.807, 2.05) is 6.07 Å². The van der Waals surface area contributed by atoms with Crippen LogP contribution < -0.4 is 4.72 Å². The van der Waals surface area contributed by atoms with Crippen LogP contribution in [0.4, 0.5) is 0 Å². The Morgan fingerprint density at radius 3 is 2.74 bits per heavy atom. The molecule has 1 fully saturated rings. The molecule has 0 bridgehead atoms. The number of methoxy groups -OCH3 is 1. The Hall–Kier alpha value is -0.910. The monoisotopic (exact) mass is 283 g/mol. The summed E-state index contributed by atoms with van der Waals surface area (Å²) in [5.41, 5.74) is 0.867. The van der Waals surface area contributed by atoms with Crippen LogP contribution in [0, 0.1) is 5.92 Å². The van der Waals surface area contributed by atoms with E-state index >= 15 is 0 Å². The Labute approximate surface area is 115 Å². The molecular weight excluding hydrogens is 262 g/mol. The SMILES string of the molecule is COCc1cccc(S(=O)(=O)NCC2CCCC2)c1. The lowest BCUT2D eigenvalue weighted by molar-refractivity contribution is 0.184. The molecule has 0 atom stereocenters. The second kappa shape index (κ2) is 6.50. The van der Waals surface area contributed by atoms with Crippen LogP contribution in [0.5, 0.6) is 0 Å². The molecule has 19 heavy (non-hydrogen) atoms. The first-order valence-corrected chi connectivity index (χ1v) is 8.17. The molecule has 0 aromatic heterocycles. The molecule has 0 amide bonds. The summed E-state index contributed by atoms with van der Waals surface area (Å²) in [4.78, 5) is 0.319. The summed E-state index contributed by atoms with van der Waals surface area (Å²) < 4.78 is 32.1. The lowest BCUT2D eigenvalue weighted by Crippen LogP contribution is -2.28. The van der Waals surface area contributed by atoms with Gasteiger partial charge in [-0.3, -0.25) is 0 Å². The van der Waals surface area contributed by atoms with Crippen LogP contribution in [0.15, 0.2) is 29.2 Å². The molecule has 1 saturated carbocycles. The van der Waals surface area contributed by atoms with Gasteiger partial charge >= 0.3 is 0 Å². The lowest BCUT2D eigenvalue weighted by atomic mass is 10.1. The highest BCUT2D eigenvalue weighted by molar-refractivity contribution is 7.89. The van der Waals surface area contributed by atoms with Crippen LogP contribution >= 0.6 is 0 Å². The Kier molecular flexibility index (Phi) is 4.96. The van der Waals surface area contributed by atoms with Gasteiger partial charge in [-0.25, -0.2) is 13.1 Å². The van der Waals surface area contributed by atoms with Crippen molar-refractivity contribution in [1.29, 1.82) is 0 Å². The summed E-state index contributed by atoms with van der Waals surface area (Å²) in [5.74, 6) is 0.497. The second-order valence-electron chi connectivity index (χ2n) is 5.08. The van der Waals surface area contributed by atoms with Crippen molar-refractivity contribution in [2.75, 3.05) is 13.7 Å². The van der Waals surface area contributed by atoms with Crippen molar-refractivity contribution >= 4 is 10.0 Å². The molecule has 1 aliphatic rings. The van der Waals surface area contributed by atoms with Gasteiger partial charge in [0, 0.05) is 13.7 Å². The van der Waals surface area contributed by atoms with E-state index < -0.39 is 10.0 Å². The average Bonchev–Trinajstić information content (AvgIpc) is 2.90. The predicted molar refractivity (Wildman–Crippen MR) is 74.3 cm³/mol. The summed E-state index contributed by atoms with van der Waals surface area (Å²) in [6.07, 6.45) is 4.70. The molecule has 0 spiro atoms. The number of hydrogen-bond donors (Lipinski definition) is 1. The first kappa shape index (κ1) is 14.5. The third-order valence-electron chi connectivity index (χ3n) is 3.56. The molecule has 106 valence electrons. The van der Waals surface area contributed by atoms with Gasteiger partial charge in [-0.2, -0.15) is 0 Å². The van der Waals surface area contributed by atoms with E-state index in [1.54, 1.807) is 25.3 Å². The van der Waals surface area contributed by atoms with E-state index in [1.165, 1.54) is 12.8 Å². The van der Waals surface area contributed by atoms with Crippen molar-refractivity contribution < 1.29 is 13.2 Å². The maximum atomic E-state index is 12.2. The van der Waals surface area contributed by atoms with Gasteiger partial charge in [0.25, 0.3) is 0 Å². The van der Waals surface area contributed by atoms with Crippen molar-refractivity contribution in [3.63, 3.8) is 0 Å². The fraction of sp³-hybridized carbons (Fsp3) is 0.571. The van der Waals surface area contributed by atoms with Gasteiger partial charge in [0.2, 0.25) is 10.0 Å². The third kappa shape index (κ3) is 4.03. The van der Waals surface area contributed by atoms with E-state index in [-0.39, 0.29) is 0 Å². The van der Waals surface area contributed by atoms with Gasteiger partial charge in [-0.15, -0.1) is 0 Å². The minimum Gasteiger partial charge on any atom is -0.380 e. The molecule has 5 heteroatoms. The molecule has 1 aliphatic carbocycles. The maximum Gasteiger partial charge on any atom is 0.240 e. The van der Waals surface area contributed by atoms with Gasteiger partial charge in [0.05, 0.1) is 11.5 Å². The maximum absolute atomic E-state index is 12.2. The highest BCUT2D eigenvalue weighted by atomic mass is 32.2. The van der Waals surface area contributed by atoms with Crippen LogP contribution in [-0.2, 0) is 21.4 Å². The minimum absolute atomic E-state index is 0.319. The summed E-state index contributed by atoms with van der Waals surface area (Å²) in [6, 6.07) is 6.90. The highest BCUT2D eigenvalue weighted by Gasteiger charge is 2.19. The van der Waals surface area contributed by atoms with Gasteiger partial charge in [0.1, 0.15) is 0 Å². The largest absolute Gasteiger partial charge is 0.380 e. The van der Waals surface area contributed by atoms with E-state index in [9.17, 15) is 8.42 Å². The topological polar surface area (TPSA) is 55.4 Å². The van der Waals surface area contributed by atoms with Crippen LogP contribution in [0.25, 0.3) is 0 Å². The normalized spacial score (nSPS) is 16.9. The van der Waals surface area contributed by atoms with Gasteiger partial charge in [-0.1, -0.05) is 25.0 Å². The summed E-state index contributed by atoms with van der Waals surface area (Å²) in [5, 5.41) is 0. The molecule has 4 nitrogen and oxygen atoms in total. The standard InChI is InChI=1S/C14H21NO3S/c1-18-11-13-7-4-8-14(9-13)19(16,17)15-10-12-5-2-3-6-12/h4,7-9,12,15H,2-3,5-6,10-11H2,1H3. The second-order valence-corrected chi connectivity index (χ2v) is 6.85. The fourth-order valence-electron chi connectivity index (χ4n) is 2.49. The molecule has 1 aromatic rings. The molecule has 0 heterocycles. The smallest absolute Gasteiger partial charge is 0.240 e. The zero-order chi connectivity index (χ0) is 13.7. The van der Waals surface area contributed by atoms with E-state index in [0.29, 0.717) is 24.0 Å². The molecule has 0 radical (unpaired) electrons. The third-order valence-corrected chi connectivity index (χ3v) is 4.98. The number of hydrogen-bond acceptors (Lipinski definition) is 3. The molecule has 1 N–H and O–H groups in total. The molecule has 0 saturated heterocycles. The molecular formula is C14H21NO3S. The highest BCUT2D eigenvalue weighted by Crippen LogP contribution is 2.24. The summed E-state index contributed by atoms with van der Waals surface area (Å²) in [6.45, 7) is 0.975. The van der Waals surface area contributed by atoms with Crippen LogP contribution in [0.2, 0.25) is 0 Å². The van der Waals surface area contributed by atoms with Crippen LogP contribution in [0.1, 0.15) is 31.2 Å². The Morgan fingerprint density at radius 2 is 2.05 bits per heavy atom. The zero-order valence-electron chi connectivity index (χ0n) is 11.3. The predicted octanol–water partition coefficient (Wildman–Crippen LogP) is 2.30. The van der Waals surface area contributed by atoms with Gasteiger partial charge in [-0.05, 0) is 36.5 Å². The molecule has 1 aromatic carbocycles. The van der Waals surface area contributed by atoms with Crippen molar-refractivity contribution in [2.45, 2.75) is 37.2 Å². The summed E-state index contributed by atoms with van der Waals surface area (Å²) >= 11 is 0. The van der Waals surface area contributed by atoms with Gasteiger partial charge < -0.3 is 4.74 Å².